The first-order valence-electron chi connectivity index (χ1n) is 8.36. The number of hydrogen-bond donors (Lipinski definition) is 1. The molecule has 134 valence electrons. The third-order valence-electron chi connectivity index (χ3n) is 3.95. The average Bonchev–Trinajstić information content (AvgIpc) is 3.19. The SMILES string of the molecule is CCN(Cc1cccc(F)c1)C(=O)NCc1ccc(-n2ccnc2)nc1. The van der Waals surface area contributed by atoms with Crippen molar-refractivity contribution >= 4 is 6.03 Å². The number of hydrogen-bond acceptors (Lipinski definition) is 3. The van der Waals surface area contributed by atoms with Crippen LogP contribution in [0.1, 0.15) is 18.1 Å². The zero-order chi connectivity index (χ0) is 18.4. The second kappa shape index (κ2) is 8.24. The van der Waals surface area contributed by atoms with Gasteiger partial charge in [-0.05, 0) is 36.2 Å². The third kappa shape index (κ3) is 4.44. The molecule has 0 aliphatic heterocycles. The van der Waals surface area contributed by atoms with Crippen molar-refractivity contribution in [3.05, 3.63) is 78.3 Å². The van der Waals surface area contributed by atoms with Gasteiger partial charge in [-0.1, -0.05) is 18.2 Å². The van der Waals surface area contributed by atoms with E-state index in [4.69, 9.17) is 0 Å². The quantitative estimate of drug-likeness (QED) is 0.740. The van der Waals surface area contributed by atoms with Crippen LogP contribution in [0, 0.1) is 5.82 Å². The molecule has 2 aromatic heterocycles. The number of nitrogens with zero attached hydrogens (tertiary/aromatic N) is 4. The van der Waals surface area contributed by atoms with Gasteiger partial charge in [0.15, 0.2) is 0 Å². The Morgan fingerprint density at radius 1 is 1.27 bits per heavy atom. The maximum Gasteiger partial charge on any atom is 0.317 e. The predicted molar refractivity (Wildman–Crippen MR) is 96.1 cm³/mol. The summed E-state index contributed by atoms with van der Waals surface area (Å²) in [6, 6.07) is 9.85. The van der Waals surface area contributed by atoms with E-state index >= 15 is 0 Å². The molecule has 0 saturated heterocycles. The first-order valence-corrected chi connectivity index (χ1v) is 8.36. The van der Waals surface area contributed by atoms with Crippen LogP contribution in [0.15, 0.2) is 61.3 Å². The first kappa shape index (κ1) is 17.6. The van der Waals surface area contributed by atoms with E-state index in [-0.39, 0.29) is 11.8 Å². The molecule has 0 bridgehead atoms. The van der Waals surface area contributed by atoms with E-state index in [1.807, 2.05) is 25.3 Å². The molecule has 0 unspecified atom stereocenters. The van der Waals surface area contributed by atoms with Crippen molar-refractivity contribution in [2.75, 3.05) is 6.54 Å². The fourth-order valence-corrected chi connectivity index (χ4v) is 2.54. The Hall–Kier alpha value is -3.22. The van der Waals surface area contributed by atoms with Crippen molar-refractivity contribution in [1.29, 1.82) is 0 Å². The van der Waals surface area contributed by atoms with E-state index in [9.17, 15) is 9.18 Å². The molecule has 3 aromatic rings. The zero-order valence-corrected chi connectivity index (χ0v) is 14.5. The lowest BCUT2D eigenvalue weighted by molar-refractivity contribution is 0.197. The van der Waals surface area contributed by atoms with Crippen LogP contribution in [0.25, 0.3) is 5.82 Å². The Morgan fingerprint density at radius 2 is 2.15 bits per heavy atom. The Bertz CT molecular complexity index is 849. The molecular weight excluding hydrogens is 333 g/mol. The number of carbonyl (C=O) groups is 1. The Morgan fingerprint density at radius 3 is 2.81 bits per heavy atom. The smallest absolute Gasteiger partial charge is 0.317 e. The molecule has 7 heteroatoms. The van der Waals surface area contributed by atoms with Gasteiger partial charge in [0, 0.05) is 38.2 Å². The fourth-order valence-electron chi connectivity index (χ4n) is 2.54. The highest BCUT2D eigenvalue weighted by atomic mass is 19.1. The number of imidazole rings is 1. The number of pyridine rings is 1. The highest BCUT2D eigenvalue weighted by molar-refractivity contribution is 5.74. The minimum absolute atomic E-state index is 0.199. The van der Waals surface area contributed by atoms with Crippen molar-refractivity contribution in [2.45, 2.75) is 20.0 Å². The summed E-state index contributed by atoms with van der Waals surface area (Å²) in [6.45, 7) is 3.15. The zero-order valence-electron chi connectivity index (χ0n) is 14.5. The van der Waals surface area contributed by atoms with E-state index in [1.54, 1.807) is 40.3 Å². The maximum absolute atomic E-state index is 13.3. The molecular formula is C19H20FN5O. The van der Waals surface area contributed by atoms with Gasteiger partial charge >= 0.3 is 6.03 Å². The number of aromatic nitrogens is 3. The molecule has 2 heterocycles. The minimum atomic E-state index is -0.303. The fraction of sp³-hybridized carbons (Fsp3) is 0.211. The molecule has 0 atom stereocenters. The molecule has 2 amide bonds. The highest BCUT2D eigenvalue weighted by Gasteiger charge is 2.12. The van der Waals surface area contributed by atoms with Gasteiger partial charge in [-0.25, -0.2) is 19.2 Å². The molecule has 1 aromatic carbocycles. The van der Waals surface area contributed by atoms with Crippen LogP contribution in [-0.2, 0) is 13.1 Å². The van der Waals surface area contributed by atoms with Crippen LogP contribution in [0.4, 0.5) is 9.18 Å². The average molecular weight is 353 g/mol. The van der Waals surface area contributed by atoms with Gasteiger partial charge < -0.3 is 10.2 Å². The largest absolute Gasteiger partial charge is 0.334 e. The van der Waals surface area contributed by atoms with E-state index in [0.717, 1.165) is 16.9 Å². The molecule has 0 fully saturated rings. The van der Waals surface area contributed by atoms with Crippen LogP contribution in [0.2, 0.25) is 0 Å². The van der Waals surface area contributed by atoms with Gasteiger partial charge in [-0.15, -0.1) is 0 Å². The summed E-state index contributed by atoms with van der Waals surface area (Å²) in [5, 5.41) is 2.87. The molecule has 3 rings (SSSR count). The summed E-state index contributed by atoms with van der Waals surface area (Å²) < 4.78 is 15.1. The monoisotopic (exact) mass is 353 g/mol. The summed E-state index contributed by atoms with van der Waals surface area (Å²) >= 11 is 0. The summed E-state index contributed by atoms with van der Waals surface area (Å²) in [7, 11) is 0. The first-order chi connectivity index (χ1) is 12.7. The number of amides is 2. The summed E-state index contributed by atoms with van der Waals surface area (Å²) in [5.41, 5.74) is 1.65. The molecule has 0 aliphatic rings. The number of halogens is 1. The van der Waals surface area contributed by atoms with E-state index in [0.29, 0.717) is 19.6 Å². The number of rotatable bonds is 6. The van der Waals surface area contributed by atoms with Gasteiger partial charge in [0.05, 0.1) is 0 Å². The minimum Gasteiger partial charge on any atom is -0.334 e. The summed E-state index contributed by atoms with van der Waals surface area (Å²) in [5.74, 6) is 0.460. The summed E-state index contributed by atoms with van der Waals surface area (Å²) in [4.78, 5) is 22.3. The van der Waals surface area contributed by atoms with Gasteiger partial charge in [0.2, 0.25) is 0 Å². The topological polar surface area (TPSA) is 63.1 Å². The van der Waals surface area contributed by atoms with Crippen molar-refractivity contribution in [2.24, 2.45) is 0 Å². The van der Waals surface area contributed by atoms with Gasteiger partial charge in [0.25, 0.3) is 0 Å². The van der Waals surface area contributed by atoms with Crippen molar-refractivity contribution in [1.82, 2.24) is 24.8 Å². The highest BCUT2D eigenvalue weighted by Crippen LogP contribution is 2.09. The van der Waals surface area contributed by atoms with Gasteiger partial charge in [-0.2, -0.15) is 0 Å². The van der Waals surface area contributed by atoms with Gasteiger partial charge in [-0.3, -0.25) is 4.57 Å². The molecule has 0 radical (unpaired) electrons. The van der Waals surface area contributed by atoms with Crippen LogP contribution in [0.5, 0.6) is 0 Å². The van der Waals surface area contributed by atoms with Crippen LogP contribution >= 0.6 is 0 Å². The Labute approximate surface area is 151 Å². The van der Waals surface area contributed by atoms with Crippen molar-refractivity contribution < 1.29 is 9.18 Å². The lowest BCUT2D eigenvalue weighted by Gasteiger charge is -2.21. The van der Waals surface area contributed by atoms with Crippen LogP contribution < -0.4 is 5.32 Å². The van der Waals surface area contributed by atoms with E-state index in [2.05, 4.69) is 15.3 Å². The second-order valence-corrected chi connectivity index (χ2v) is 5.80. The Kier molecular flexibility index (Phi) is 5.58. The number of urea groups is 1. The molecule has 26 heavy (non-hydrogen) atoms. The van der Waals surface area contributed by atoms with Crippen molar-refractivity contribution in [3.63, 3.8) is 0 Å². The second-order valence-electron chi connectivity index (χ2n) is 5.80. The Balaban J connectivity index is 1.56. The number of nitrogens with one attached hydrogen (secondary N) is 1. The van der Waals surface area contributed by atoms with Crippen LogP contribution in [-0.4, -0.2) is 32.0 Å². The van der Waals surface area contributed by atoms with E-state index < -0.39 is 0 Å². The van der Waals surface area contributed by atoms with Gasteiger partial charge in [0.1, 0.15) is 18.0 Å². The third-order valence-corrected chi connectivity index (χ3v) is 3.95. The predicted octanol–water partition coefficient (Wildman–Crippen LogP) is 3.14. The maximum atomic E-state index is 13.3. The van der Waals surface area contributed by atoms with Crippen molar-refractivity contribution in [3.8, 4) is 5.82 Å². The molecule has 0 aliphatic carbocycles. The molecule has 6 nitrogen and oxygen atoms in total. The molecule has 1 N–H and O–H groups in total. The lowest BCUT2D eigenvalue weighted by Crippen LogP contribution is -2.39. The molecule has 0 spiro atoms. The number of carbonyl (C=O) groups excluding carboxylic acids is 1. The van der Waals surface area contributed by atoms with E-state index in [1.165, 1.54) is 12.1 Å². The number of benzene rings is 1. The lowest BCUT2D eigenvalue weighted by atomic mass is 10.2. The normalized spacial score (nSPS) is 10.5. The van der Waals surface area contributed by atoms with Crippen LogP contribution in [0.3, 0.4) is 0 Å². The molecule has 0 saturated carbocycles. The standard InChI is InChI=1S/C19H20FN5O/c1-2-24(13-15-4-3-5-17(20)10-15)19(26)23-12-16-6-7-18(22-11-16)25-9-8-21-14-25/h3-11,14H,2,12-13H2,1H3,(H,23,26). The summed E-state index contributed by atoms with van der Waals surface area (Å²) in [6.07, 6.45) is 6.90.